The summed E-state index contributed by atoms with van der Waals surface area (Å²) in [6.45, 7) is 17.1. The molecule has 4 aliphatic rings. The van der Waals surface area contributed by atoms with Crippen molar-refractivity contribution in [3.05, 3.63) is 59.7 Å². The molecule has 0 aromatic heterocycles. The van der Waals surface area contributed by atoms with Crippen molar-refractivity contribution in [1.82, 2.24) is 0 Å². The van der Waals surface area contributed by atoms with E-state index in [1.807, 2.05) is 36.4 Å². The van der Waals surface area contributed by atoms with Gasteiger partial charge in [0, 0.05) is 5.92 Å². The second kappa shape index (κ2) is 10.3. The lowest BCUT2D eigenvalue weighted by Crippen LogP contribution is -2.58. The summed E-state index contributed by atoms with van der Waals surface area (Å²) in [6, 6.07) is 9.99. The van der Waals surface area contributed by atoms with E-state index >= 15 is 0 Å². The Bertz CT molecular complexity index is 1190. The molecule has 3 nitrogen and oxygen atoms in total. The summed E-state index contributed by atoms with van der Waals surface area (Å²) in [5.74, 6) is 1.42. The fourth-order valence-corrected chi connectivity index (χ4v) is 9.46. The first kappa shape index (κ1) is 29.3. The minimum absolute atomic E-state index is 0.0370. The third-order valence-corrected chi connectivity index (χ3v) is 13.2. The lowest BCUT2D eigenvalue weighted by Gasteiger charge is -2.65. The molecule has 0 heterocycles. The maximum absolute atomic E-state index is 13.1. The Kier molecular flexibility index (Phi) is 7.54. The van der Waals surface area contributed by atoms with Gasteiger partial charge in [0.05, 0.1) is 5.41 Å². The molecule has 0 aliphatic heterocycles. The van der Waals surface area contributed by atoms with Gasteiger partial charge in [0.15, 0.2) is 5.78 Å². The lowest BCUT2D eigenvalue weighted by molar-refractivity contribution is -0.160. The number of carbonyl (C=O) groups is 2. The van der Waals surface area contributed by atoms with Crippen molar-refractivity contribution >= 4 is 11.8 Å². The summed E-state index contributed by atoms with van der Waals surface area (Å²) in [4.78, 5) is 25.7. The van der Waals surface area contributed by atoms with Crippen molar-refractivity contribution < 1.29 is 14.3 Å². The summed E-state index contributed by atoms with van der Waals surface area (Å²) in [5, 5.41) is 0. The van der Waals surface area contributed by atoms with Gasteiger partial charge in [0.2, 0.25) is 0 Å². The fraction of sp³-hybridized carbons (Fsp3) is 0.676. The molecule has 1 aromatic rings. The maximum atomic E-state index is 13.1. The van der Waals surface area contributed by atoms with Gasteiger partial charge < -0.3 is 4.74 Å². The van der Waals surface area contributed by atoms with Crippen molar-refractivity contribution in [2.24, 2.45) is 44.8 Å². The largest absolute Gasteiger partial charge is 0.460 e. The van der Waals surface area contributed by atoms with Crippen LogP contribution in [0, 0.1) is 44.8 Å². The summed E-state index contributed by atoms with van der Waals surface area (Å²) in [5.41, 5.74) is 2.90. The number of hydrogen-bond acceptors (Lipinski definition) is 3. The van der Waals surface area contributed by atoms with Gasteiger partial charge in [0.1, 0.15) is 6.61 Å². The molecule has 1 aromatic carbocycles. The number of hydrogen-bond donors (Lipinski definition) is 0. The van der Waals surface area contributed by atoms with Crippen LogP contribution >= 0.6 is 0 Å². The highest BCUT2D eigenvalue weighted by atomic mass is 16.5. The van der Waals surface area contributed by atoms with Crippen molar-refractivity contribution in [2.45, 2.75) is 113 Å². The molecule has 0 bridgehead atoms. The van der Waals surface area contributed by atoms with Crippen molar-refractivity contribution in [2.75, 3.05) is 0 Å². The van der Waals surface area contributed by atoms with E-state index in [0.29, 0.717) is 24.2 Å². The van der Waals surface area contributed by atoms with Gasteiger partial charge in [-0.05, 0) is 117 Å². The minimum atomic E-state index is -0.385. The number of carbonyl (C=O) groups excluding carboxylic acids is 2. The molecular formula is C37H52O3. The molecule has 3 heteroatoms. The topological polar surface area (TPSA) is 43.4 Å². The van der Waals surface area contributed by atoms with Crippen LogP contribution in [-0.4, -0.2) is 11.8 Å². The first-order valence-corrected chi connectivity index (χ1v) is 15.9. The number of rotatable bonds is 6. The van der Waals surface area contributed by atoms with Crippen molar-refractivity contribution in [1.29, 1.82) is 0 Å². The molecule has 2 saturated carbocycles. The smallest absolute Gasteiger partial charge is 0.312 e. The van der Waals surface area contributed by atoms with Gasteiger partial charge in [-0.25, -0.2) is 0 Å². The molecule has 0 radical (unpaired) electrons. The van der Waals surface area contributed by atoms with Gasteiger partial charge >= 0.3 is 5.97 Å². The summed E-state index contributed by atoms with van der Waals surface area (Å²) in [7, 11) is 0. The highest BCUT2D eigenvalue weighted by Gasteiger charge is 2.62. The van der Waals surface area contributed by atoms with Crippen LogP contribution in [0.25, 0.3) is 0 Å². The van der Waals surface area contributed by atoms with Crippen LogP contribution < -0.4 is 0 Å². The SMILES string of the molecule is CC1=CCC2[C@@]3(C)C=CC(=O)[C@@H](C)C3CC[C@@]2(C)[C@]1(C)CCC1(C)CCC(C)(C(=O)OCc2ccccc2)CC1. The van der Waals surface area contributed by atoms with Crippen LogP contribution in [0.4, 0.5) is 0 Å². The Morgan fingerprint density at radius 3 is 2.30 bits per heavy atom. The van der Waals surface area contributed by atoms with Crippen LogP contribution in [0.5, 0.6) is 0 Å². The van der Waals surface area contributed by atoms with Gasteiger partial charge in [-0.2, -0.15) is 0 Å². The average molecular weight is 545 g/mol. The highest BCUT2D eigenvalue weighted by molar-refractivity contribution is 5.93. The average Bonchev–Trinajstić information content (AvgIpc) is 2.94. The van der Waals surface area contributed by atoms with E-state index in [2.05, 4.69) is 60.6 Å². The Labute approximate surface area is 243 Å². The van der Waals surface area contributed by atoms with Crippen LogP contribution in [0.15, 0.2) is 54.1 Å². The predicted octanol–water partition coefficient (Wildman–Crippen LogP) is 9.27. The molecule has 40 heavy (non-hydrogen) atoms. The quantitative estimate of drug-likeness (QED) is 0.265. The number of ether oxygens (including phenoxy) is 1. The Morgan fingerprint density at radius 2 is 1.62 bits per heavy atom. The molecule has 0 N–H and O–H groups in total. The van der Waals surface area contributed by atoms with Crippen LogP contribution in [0.1, 0.15) is 112 Å². The molecule has 218 valence electrons. The van der Waals surface area contributed by atoms with E-state index in [4.69, 9.17) is 4.74 Å². The van der Waals surface area contributed by atoms with Gasteiger partial charge in [-0.15, -0.1) is 0 Å². The van der Waals surface area contributed by atoms with Crippen LogP contribution in [0.3, 0.4) is 0 Å². The number of fused-ring (bicyclic) bond motifs is 3. The van der Waals surface area contributed by atoms with Gasteiger partial charge in [0.25, 0.3) is 0 Å². The summed E-state index contributed by atoms with van der Waals surface area (Å²) >= 11 is 0. The monoisotopic (exact) mass is 544 g/mol. The van der Waals surface area contributed by atoms with E-state index < -0.39 is 0 Å². The number of esters is 1. The van der Waals surface area contributed by atoms with Gasteiger partial charge in [-0.1, -0.05) is 82.7 Å². The summed E-state index contributed by atoms with van der Waals surface area (Å²) < 4.78 is 5.79. The Balaban J connectivity index is 1.26. The third-order valence-electron chi connectivity index (χ3n) is 13.2. The second-order valence-electron chi connectivity index (χ2n) is 15.4. The normalized spacial score (nSPS) is 42.9. The summed E-state index contributed by atoms with van der Waals surface area (Å²) in [6.07, 6.45) is 16.5. The molecule has 2 unspecified atom stereocenters. The van der Waals surface area contributed by atoms with Crippen molar-refractivity contribution in [3.63, 3.8) is 0 Å². The number of benzene rings is 1. The van der Waals surface area contributed by atoms with E-state index in [0.717, 1.165) is 44.1 Å². The van der Waals surface area contributed by atoms with Crippen LogP contribution in [0.2, 0.25) is 0 Å². The first-order chi connectivity index (χ1) is 18.8. The Morgan fingerprint density at radius 1 is 0.950 bits per heavy atom. The van der Waals surface area contributed by atoms with E-state index in [-0.39, 0.29) is 39.0 Å². The zero-order valence-electron chi connectivity index (χ0n) is 26.1. The second-order valence-corrected chi connectivity index (χ2v) is 15.4. The Hall–Kier alpha value is -2.16. The molecular weight excluding hydrogens is 492 g/mol. The number of ketones is 1. The van der Waals surface area contributed by atoms with Crippen LogP contribution in [-0.2, 0) is 20.9 Å². The van der Waals surface area contributed by atoms with E-state index in [1.165, 1.54) is 19.3 Å². The zero-order valence-corrected chi connectivity index (χ0v) is 26.1. The molecule has 2 fully saturated rings. The van der Waals surface area contributed by atoms with E-state index in [1.54, 1.807) is 5.57 Å². The predicted molar refractivity (Wildman–Crippen MR) is 162 cm³/mol. The standard InChI is InChI=1S/C37H52O3/c1-26-13-14-31-35(5)17-16-30(38)27(2)29(35)15-18-37(31,7)36(26,6)24-21-33(3)19-22-34(4,23-20-33)32(39)40-25-28-11-9-8-10-12-28/h8-13,16-17,27,29,31H,14-15,18-25H2,1-7H3/t27-,29?,31?,33?,34?,35-,36+,37+/m0/s1. The van der Waals surface area contributed by atoms with Crippen molar-refractivity contribution in [3.8, 4) is 0 Å². The van der Waals surface area contributed by atoms with Gasteiger partial charge in [-0.3, -0.25) is 9.59 Å². The third kappa shape index (κ3) is 4.74. The molecule has 0 saturated heterocycles. The molecule has 0 amide bonds. The minimum Gasteiger partial charge on any atom is -0.460 e. The zero-order chi connectivity index (χ0) is 29.0. The molecule has 4 aliphatic carbocycles. The molecule has 6 atom stereocenters. The highest BCUT2D eigenvalue weighted by Crippen LogP contribution is 2.69. The molecule has 5 rings (SSSR count). The molecule has 0 spiro atoms. The lowest BCUT2D eigenvalue weighted by atomic mass is 9.39. The maximum Gasteiger partial charge on any atom is 0.312 e. The van der Waals surface area contributed by atoms with E-state index in [9.17, 15) is 9.59 Å². The number of allylic oxidation sites excluding steroid dienone is 4. The first-order valence-electron chi connectivity index (χ1n) is 15.9. The fourth-order valence-electron chi connectivity index (χ4n) is 9.46.